The number of aliphatic hydroxyl groups excluding tert-OH is 1. The fourth-order valence-corrected chi connectivity index (χ4v) is 2.93. The summed E-state index contributed by atoms with van der Waals surface area (Å²) in [6, 6.07) is 3.68. The topological polar surface area (TPSA) is 181 Å². The highest BCUT2D eigenvalue weighted by Gasteiger charge is 2.31. The molecule has 4 amide bonds. The summed E-state index contributed by atoms with van der Waals surface area (Å²) in [4.78, 5) is 49.0. The van der Waals surface area contributed by atoms with Crippen molar-refractivity contribution >= 4 is 29.5 Å². The molecule has 0 fully saturated rings. The molecular weight excluding hydrogens is 430 g/mol. The normalized spacial score (nSPS) is 13.4. The smallest absolute Gasteiger partial charge is 0.326 e. The summed E-state index contributed by atoms with van der Waals surface area (Å²) < 4.78 is 0. The van der Waals surface area contributed by atoms with Gasteiger partial charge in [0, 0.05) is 5.69 Å². The Labute approximate surface area is 192 Å². The summed E-state index contributed by atoms with van der Waals surface area (Å²) in [6.45, 7) is 6.21. The second kappa shape index (κ2) is 13.0. The van der Waals surface area contributed by atoms with E-state index in [0.29, 0.717) is 11.3 Å². The molecule has 1 aromatic rings. The van der Waals surface area contributed by atoms with Gasteiger partial charge in [-0.25, -0.2) is 9.59 Å². The van der Waals surface area contributed by atoms with E-state index in [0.717, 1.165) is 0 Å². The Balaban J connectivity index is 2.86. The zero-order valence-electron chi connectivity index (χ0n) is 19.1. The monoisotopic (exact) mass is 461 g/mol. The lowest BCUT2D eigenvalue weighted by atomic mass is 10.00. The van der Waals surface area contributed by atoms with Crippen LogP contribution in [0.3, 0.4) is 0 Å². The number of benzene rings is 1. The minimum Gasteiger partial charge on any atom is -0.480 e. The molecule has 0 radical (unpaired) electrons. The number of aliphatic hydroxyl groups is 1. The molecular formula is C22H31N5O6. The molecule has 0 aliphatic rings. The van der Waals surface area contributed by atoms with Gasteiger partial charge in [-0.3, -0.25) is 9.59 Å². The molecule has 0 spiro atoms. The summed E-state index contributed by atoms with van der Waals surface area (Å²) in [5, 5.41) is 37.5. The SMILES string of the molecule is CC(C)C[C@H](NC(=O)[C@H](CO)NC(=O)Nc1cccc(C#N)c1)C(=O)N[C@H](C(=O)O)C(C)C. The van der Waals surface area contributed by atoms with Crippen LogP contribution in [-0.2, 0) is 14.4 Å². The molecule has 0 saturated carbocycles. The number of hydrogen-bond acceptors (Lipinski definition) is 6. The fraction of sp³-hybridized carbons (Fsp3) is 0.500. The molecule has 0 saturated heterocycles. The van der Waals surface area contributed by atoms with Crippen LogP contribution in [0.2, 0.25) is 0 Å². The highest BCUT2D eigenvalue weighted by Crippen LogP contribution is 2.10. The largest absolute Gasteiger partial charge is 0.480 e. The third kappa shape index (κ3) is 9.16. The van der Waals surface area contributed by atoms with Crippen molar-refractivity contribution in [3.63, 3.8) is 0 Å². The Bertz CT molecular complexity index is 896. The van der Waals surface area contributed by atoms with E-state index in [1.807, 2.05) is 19.9 Å². The van der Waals surface area contributed by atoms with Gasteiger partial charge in [0.25, 0.3) is 0 Å². The Morgan fingerprint density at radius 1 is 1.00 bits per heavy atom. The number of carbonyl (C=O) groups excluding carboxylic acids is 3. The minimum absolute atomic E-state index is 0.0142. The molecule has 11 heteroatoms. The minimum atomic E-state index is -1.37. The highest BCUT2D eigenvalue weighted by atomic mass is 16.4. The molecule has 0 aromatic heterocycles. The standard InChI is InChI=1S/C22H31N5O6/c1-12(2)8-16(19(29)27-18(13(3)4)21(31)32)25-20(30)17(11-28)26-22(33)24-15-7-5-6-14(9-15)10-23/h5-7,9,12-13,16-18,28H,8,11H2,1-4H3,(H,25,30)(H,27,29)(H,31,32)(H2,24,26,33)/t16-,17-,18-/m0/s1. The van der Waals surface area contributed by atoms with E-state index >= 15 is 0 Å². The molecule has 0 aliphatic carbocycles. The van der Waals surface area contributed by atoms with Gasteiger partial charge < -0.3 is 31.5 Å². The molecule has 0 aliphatic heterocycles. The summed E-state index contributed by atoms with van der Waals surface area (Å²) >= 11 is 0. The number of amides is 4. The predicted octanol–water partition coefficient (Wildman–Crippen LogP) is 0.797. The summed E-state index contributed by atoms with van der Waals surface area (Å²) in [5.41, 5.74) is 0.641. The van der Waals surface area contributed by atoms with Crippen LogP contribution in [0, 0.1) is 23.2 Å². The van der Waals surface area contributed by atoms with Crippen molar-refractivity contribution in [2.24, 2.45) is 11.8 Å². The van der Waals surface area contributed by atoms with Crippen molar-refractivity contribution in [3.8, 4) is 6.07 Å². The van der Waals surface area contributed by atoms with E-state index < -0.39 is 48.5 Å². The van der Waals surface area contributed by atoms with Crippen LogP contribution in [0.15, 0.2) is 24.3 Å². The number of aliphatic carboxylic acids is 1. The molecule has 180 valence electrons. The van der Waals surface area contributed by atoms with Crippen molar-refractivity contribution in [2.75, 3.05) is 11.9 Å². The number of rotatable bonds is 11. The second-order valence-electron chi connectivity index (χ2n) is 8.29. The Kier molecular flexibility index (Phi) is 10.8. The van der Waals surface area contributed by atoms with E-state index in [4.69, 9.17) is 5.26 Å². The summed E-state index contributed by atoms with van der Waals surface area (Å²) in [5.74, 6) is -3.07. The van der Waals surface area contributed by atoms with Crippen LogP contribution in [0.5, 0.6) is 0 Å². The number of carboxylic acid groups (broad SMARTS) is 1. The zero-order chi connectivity index (χ0) is 25.1. The molecule has 33 heavy (non-hydrogen) atoms. The number of carboxylic acids is 1. The van der Waals surface area contributed by atoms with Crippen LogP contribution >= 0.6 is 0 Å². The fourth-order valence-electron chi connectivity index (χ4n) is 2.93. The molecule has 0 heterocycles. The number of anilines is 1. The number of nitrogens with one attached hydrogen (secondary N) is 4. The first kappa shape index (κ1) is 27.4. The third-order valence-electron chi connectivity index (χ3n) is 4.62. The van der Waals surface area contributed by atoms with Gasteiger partial charge in [0.15, 0.2) is 0 Å². The van der Waals surface area contributed by atoms with Gasteiger partial charge in [-0.15, -0.1) is 0 Å². The van der Waals surface area contributed by atoms with E-state index in [1.165, 1.54) is 6.07 Å². The number of hydrogen-bond donors (Lipinski definition) is 6. The maximum absolute atomic E-state index is 12.7. The Morgan fingerprint density at radius 3 is 2.15 bits per heavy atom. The maximum atomic E-state index is 12.7. The molecule has 1 aromatic carbocycles. The van der Waals surface area contributed by atoms with Gasteiger partial charge in [0.05, 0.1) is 18.2 Å². The first-order valence-electron chi connectivity index (χ1n) is 10.5. The Hall–Kier alpha value is -3.65. The number of nitrogens with zero attached hydrogens (tertiary/aromatic N) is 1. The van der Waals surface area contributed by atoms with Crippen molar-refractivity contribution in [2.45, 2.75) is 52.2 Å². The van der Waals surface area contributed by atoms with Crippen LogP contribution in [0.4, 0.5) is 10.5 Å². The Morgan fingerprint density at radius 2 is 1.64 bits per heavy atom. The number of carbonyl (C=O) groups is 4. The van der Waals surface area contributed by atoms with Gasteiger partial charge in [-0.2, -0.15) is 5.26 Å². The number of nitriles is 1. The molecule has 11 nitrogen and oxygen atoms in total. The average molecular weight is 462 g/mol. The third-order valence-corrected chi connectivity index (χ3v) is 4.62. The lowest BCUT2D eigenvalue weighted by Gasteiger charge is -2.26. The van der Waals surface area contributed by atoms with Crippen molar-refractivity contribution < 1.29 is 29.4 Å². The van der Waals surface area contributed by atoms with Crippen LogP contribution in [0.1, 0.15) is 39.7 Å². The second-order valence-corrected chi connectivity index (χ2v) is 8.29. The van der Waals surface area contributed by atoms with E-state index in [9.17, 15) is 29.4 Å². The van der Waals surface area contributed by atoms with E-state index in [2.05, 4.69) is 21.3 Å². The highest BCUT2D eigenvalue weighted by molar-refractivity contribution is 5.96. The molecule has 3 atom stereocenters. The summed E-state index contributed by atoms with van der Waals surface area (Å²) in [6.07, 6.45) is 0.216. The van der Waals surface area contributed by atoms with Crippen molar-refractivity contribution in [1.29, 1.82) is 5.26 Å². The van der Waals surface area contributed by atoms with Gasteiger partial charge in [-0.05, 0) is 36.5 Å². The van der Waals surface area contributed by atoms with Gasteiger partial charge >= 0.3 is 12.0 Å². The maximum Gasteiger partial charge on any atom is 0.326 e. The zero-order valence-corrected chi connectivity index (χ0v) is 19.1. The molecule has 0 bridgehead atoms. The van der Waals surface area contributed by atoms with Gasteiger partial charge in [0.1, 0.15) is 18.1 Å². The first-order chi connectivity index (χ1) is 15.5. The summed E-state index contributed by atoms with van der Waals surface area (Å²) in [7, 11) is 0. The lowest BCUT2D eigenvalue weighted by molar-refractivity contribution is -0.143. The predicted molar refractivity (Wildman–Crippen MR) is 120 cm³/mol. The average Bonchev–Trinajstić information content (AvgIpc) is 2.74. The van der Waals surface area contributed by atoms with Crippen LogP contribution in [-0.4, -0.2) is 58.8 Å². The van der Waals surface area contributed by atoms with E-state index in [1.54, 1.807) is 32.0 Å². The van der Waals surface area contributed by atoms with Crippen molar-refractivity contribution in [3.05, 3.63) is 29.8 Å². The van der Waals surface area contributed by atoms with Crippen LogP contribution < -0.4 is 21.3 Å². The van der Waals surface area contributed by atoms with Crippen LogP contribution in [0.25, 0.3) is 0 Å². The molecule has 1 rings (SSSR count). The lowest BCUT2D eigenvalue weighted by Crippen LogP contribution is -2.57. The molecule has 6 N–H and O–H groups in total. The van der Waals surface area contributed by atoms with Gasteiger partial charge in [0.2, 0.25) is 11.8 Å². The quantitative estimate of drug-likeness (QED) is 0.282. The van der Waals surface area contributed by atoms with Crippen molar-refractivity contribution in [1.82, 2.24) is 16.0 Å². The first-order valence-corrected chi connectivity index (χ1v) is 10.5. The number of urea groups is 1. The van der Waals surface area contributed by atoms with Gasteiger partial charge in [-0.1, -0.05) is 33.8 Å². The van der Waals surface area contributed by atoms with E-state index in [-0.39, 0.29) is 18.3 Å². The molecule has 0 unspecified atom stereocenters.